The SMILES string of the molecule is CCc1c(C=C2C(=O)Nc3c(F)cccc32)[nH]c2c1CCCC2. The summed E-state index contributed by atoms with van der Waals surface area (Å²) >= 11 is 0. The highest BCUT2D eigenvalue weighted by atomic mass is 19.1. The van der Waals surface area contributed by atoms with Gasteiger partial charge in [0.05, 0.1) is 11.3 Å². The topological polar surface area (TPSA) is 44.9 Å². The molecule has 23 heavy (non-hydrogen) atoms. The number of fused-ring (bicyclic) bond motifs is 2. The molecule has 2 aromatic rings. The van der Waals surface area contributed by atoms with Crippen molar-refractivity contribution in [3.8, 4) is 0 Å². The summed E-state index contributed by atoms with van der Waals surface area (Å²) in [6, 6.07) is 4.80. The lowest BCUT2D eigenvalue weighted by Crippen LogP contribution is -2.04. The maximum Gasteiger partial charge on any atom is 0.256 e. The van der Waals surface area contributed by atoms with Crippen molar-refractivity contribution in [2.75, 3.05) is 5.32 Å². The van der Waals surface area contributed by atoms with Crippen molar-refractivity contribution >= 4 is 23.2 Å². The van der Waals surface area contributed by atoms with Crippen LogP contribution < -0.4 is 5.32 Å². The zero-order chi connectivity index (χ0) is 16.0. The number of hydrogen-bond acceptors (Lipinski definition) is 1. The average Bonchev–Trinajstić information content (AvgIpc) is 3.07. The Kier molecular flexibility index (Phi) is 3.33. The molecule has 0 spiro atoms. The molecule has 4 rings (SSSR count). The normalized spacial score (nSPS) is 18.0. The Hall–Kier alpha value is -2.36. The van der Waals surface area contributed by atoms with Gasteiger partial charge in [0.2, 0.25) is 0 Å². The van der Waals surface area contributed by atoms with Gasteiger partial charge in [0.15, 0.2) is 0 Å². The van der Waals surface area contributed by atoms with Gasteiger partial charge in [0.25, 0.3) is 5.91 Å². The molecule has 1 aliphatic carbocycles. The zero-order valence-electron chi connectivity index (χ0n) is 13.1. The van der Waals surface area contributed by atoms with Crippen LogP contribution in [0, 0.1) is 5.82 Å². The highest BCUT2D eigenvalue weighted by Gasteiger charge is 2.27. The molecule has 0 radical (unpaired) electrons. The fraction of sp³-hybridized carbons (Fsp3) is 0.316. The second-order valence-electron chi connectivity index (χ2n) is 6.21. The van der Waals surface area contributed by atoms with Gasteiger partial charge in [-0.25, -0.2) is 4.39 Å². The predicted octanol–water partition coefficient (Wildman–Crippen LogP) is 4.09. The molecular weight excluding hydrogens is 291 g/mol. The maximum absolute atomic E-state index is 13.9. The summed E-state index contributed by atoms with van der Waals surface area (Å²) in [4.78, 5) is 15.8. The maximum atomic E-state index is 13.9. The van der Waals surface area contributed by atoms with Crippen LogP contribution in [0.5, 0.6) is 0 Å². The van der Waals surface area contributed by atoms with E-state index in [1.165, 1.54) is 35.7 Å². The van der Waals surface area contributed by atoms with E-state index in [1.807, 2.05) is 6.08 Å². The predicted molar refractivity (Wildman–Crippen MR) is 89.7 cm³/mol. The van der Waals surface area contributed by atoms with Gasteiger partial charge in [-0.05, 0) is 55.4 Å². The molecule has 0 saturated heterocycles. The van der Waals surface area contributed by atoms with Crippen LogP contribution in [0.4, 0.5) is 10.1 Å². The van der Waals surface area contributed by atoms with Crippen LogP contribution in [-0.2, 0) is 24.1 Å². The van der Waals surface area contributed by atoms with Crippen LogP contribution in [0.25, 0.3) is 11.6 Å². The summed E-state index contributed by atoms with van der Waals surface area (Å²) in [6.45, 7) is 2.14. The molecule has 1 amide bonds. The second kappa shape index (κ2) is 5.37. The monoisotopic (exact) mass is 310 g/mol. The summed E-state index contributed by atoms with van der Waals surface area (Å²) < 4.78 is 13.9. The Morgan fingerprint density at radius 2 is 2.09 bits per heavy atom. The van der Waals surface area contributed by atoms with Gasteiger partial charge in [0.1, 0.15) is 5.82 Å². The molecule has 1 aliphatic heterocycles. The van der Waals surface area contributed by atoms with Gasteiger partial charge in [0, 0.05) is 17.0 Å². The summed E-state index contributed by atoms with van der Waals surface area (Å²) in [5, 5.41) is 2.64. The minimum Gasteiger partial charge on any atom is -0.358 e. The number of aromatic nitrogens is 1. The van der Waals surface area contributed by atoms with Crippen LogP contribution in [0.15, 0.2) is 18.2 Å². The van der Waals surface area contributed by atoms with Gasteiger partial charge < -0.3 is 10.3 Å². The number of carbonyl (C=O) groups excluding carboxylic acids is 1. The number of nitrogens with one attached hydrogen (secondary N) is 2. The van der Waals surface area contributed by atoms with E-state index < -0.39 is 0 Å². The molecule has 2 aliphatic rings. The molecule has 1 aromatic heterocycles. The number of amides is 1. The summed E-state index contributed by atoms with van der Waals surface area (Å²) in [6.07, 6.45) is 7.43. The lowest BCUT2D eigenvalue weighted by molar-refractivity contribution is -0.110. The molecule has 0 unspecified atom stereocenters. The van der Waals surface area contributed by atoms with E-state index in [2.05, 4.69) is 17.2 Å². The summed E-state index contributed by atoms with van der Waals surface area (Å²) in [5.41, 5.74) is 6.49. The molecule has 1 aromatic carbocycles. The number of aromatic amines is 1. The first kappa shape index (κ1) is 14.2. The molecule has 0 fully saturated rings. The minimum absolute atomic E-state index is 0.236. The van der Waals surface area contributed by atoms with Crippen molar-refractivity contribution < 1.29 is 9.18 Å². The first-order valence-corrected chi connectivity index (χ1v) is 8.23. The lowest BCUT2D eigenvalue weighted by atomic mass is 9.93. The van der Waals surface area contributed by atoms with E-state index in [-0.39, 0.29) is 17.4 Å². The number of aryl methyl sites for hydroxylation is 1. The van der Waals surface area contributed by atoms with Crippen molar-refractivity contribution in [1.29, 1.82) is 0 Å². The number of hydrogen-bond donors (Lipinski definition) is 2. The minimum atomic E-state index is -0.388. The molecule has 0 saturated carbocycles. The van der Waals surface area contributed by atoms with E-state index in [4.69, 9.17) is 0 Å². The molecule has 4 heteroatoms. The van der Waals surface area contributed by atoms with Crippen LogP contribution in [0.3, 0.4) is 0 Å². The number of carbonyl (C=O) groups is 1. The Balaban J connectivity index is 1.85. The number of halogens is 1. The average molecular weight is 310 g/mol. The van der Waals surface area contributed by atoms with E-state index in [9.17, 15) is 9.18 Å². The molecule has 0 atom stereocenters. The lowest BCUT2D eigenvalue weighted by Gasteiger charge is -2.11. The Labute approximate surface area is 134 Å². The molecule has 2 N–H and O–H groups in total. The highest BCUT2D eigenvalue weighted by Crippen LogP contribution is 2.36. The van der Waals surface area contributed by atoms with E-state index in [1.54, 1.807) is 12.1 Å². The van der Waals surface area contributed by atoms with E-state index >= 15 is 0 Å². The third kappa shape index (κ3) is 2.21. The van der Waals surface area contributed by atoms with Crippen molar-refractivity contribution in [3.63, 3.8) is 0 Å². The van der Waals surface area contributed by atoms with Crippen molar-refractivity contribution in [2.45, 2.75) is 39.0 Å². The molecule has 118 valence electrons. The largest absolute Gasteiger partial charge is 0.358 e. The van der Waals surface area contributed by atoms with Crippen molar-refractivity contribution in [2.24, 2.45) is 0 Å². The molecule has 3 nitrogen and oxygen atoms in total. The molecular formula is C19H19FN2O. The standard InChI is InChI=1S/C19H19FN2O/c1-2-11-12-6-3-4-9-16(12)21-17(11)10-14-13-7-5-8-15(20)18(13)22-19(14)23/h5,7-8,10,21H,2-4,6,9H2,1H3,(H,22,23). The van der Waals surface area contributed by atoms with Gasteiger partial charge in [-0.2, -0.15) is 0 Å². The number of para-hydroxylation sites is 1. The summed E-state index contributed by atoms with van der Waals surface area (Å²) in [5.74, 6) is -0.625. The van der Waals surface area contributed by atoms with E-state index in [0.717, 1.165) is 25.0 Å². The first-order chi connectivity index (χ1) is 11.2. The highest BCUT2D eigenvalue weighted by molar-refractivity contribution is 6.34. The van der Waals surface area contributed by atoms with Crippen molar-refractivity contribution in [1.82, 2.24) is 4.98 Å². The molecule has 0 bridgehead atoms. The number of rotatable bonds is 2. The second-order valence-corrected chi connectivity index (χ2v) is 6.21. The number of benzene rings is 1. The van der Waals surface area contributed by atoms with E-state index in [0.29, 0.717) is 11.1 Å². The van der Waals surface area contributed by atoms with Crippen LogP contribution >= 0.6 is 0 Å². The van der Waals surface area contributed by atoms with Gasteiger partial charge in [-0.1, -0.05) is 19.1 Å². The van der Waals surface area contributed by atoms with Gasteiger partial charge in [-0.3, -0.25) is 4.79 Å². The van der Waals surface area contributed by atoms with Crippen LogP contribution in [0.2, 0.25) is 0 Å². The fourth-order valence-electron chi connectivity index (χ4n) is 3.77. The smallest absolute Gasteiger partial charge is 0.256 e. The zero-order valence-corrected chi connectivity index (χ0v) is 13.1. The third-order valence-corrected chi connectivity index (χ3v) is 4.87. The van der Waals surface area contributed by atoms with Gasteiger partial charge >= 0.3 is 0 Å². The van der Waals surface area contributed by atoms with Crippen LogP contribution in [0.1, 0.15) is 47.8 Å². The first-order valence-electron chi connectivity index (χ1n) is 8.23. The Morgan fingerprint density at radius 3 is 2.91 bits per heavy atom. The fourth-order valence-corrected chi connectivity index (χ4v) is 3.77. The number of anilines is 1. The summed E-state index contributed by atoms with van der Waals surface area (Å²) in [7, 11) is 0. The molecule has 2 heterocycles. The Bertz CT molecular complexity index is 832. The van der Waals surface area contributed by atoms with Crippen molar-refractivity contribution in [3.05, 3.63) is 52.1 Å². The Morgan fingerprint density at radius 1 is 1.26 bits per heavy atom. The third-order valence-electron chi connectivity index (χ3n) is 4.87. The number of H-pyrrole nitrogens is 1. The van der Waals surface area contributed by atoms with Crippen LogP contribution in [-0.4, -0.2) is 10.9 Å². The van der Waals surface area contributed by atoms with Gasteiger partial charge in [-0.15, -0.1) is 0 Å². The quantitative estimate of drug-likeness (QED) is 0.806.